The van der Waals surface area contributed by atoms with Gasteiger partial charge in [0, 0.05) is 11.8 Å². The van der Waals surface area contributed by atoms with Crippen molar-refractivity contribution in [1.29, 1.82) is 0 Å². The van der Waals surface area contributed by atoms with Crippen LogP contribution in [-0.4, -0.2) is 31.5 Å². The fourth-order valence-corrected chi connectivity index (χ4v) is 5.51. The molecule has 0 unspecified atom stereocenters. The van der Waals surface area contributed by atoms with E-state index in [9.17, 15) is 9.59 Å². The third-order valence-electron chi connectivity index (χ3n) is 6.91. The van der Waals surface area contributed by atoms with E-state index in [1.54, 1.807) is 14.2 Å². The summed E-state index contributed by atoms with van der Waals surface area (Å²) in [5.41, 5.74) is 0.922. The first-order chi connectivity index (χ1) is 14.6. The van der Waals surface area contributed by atoms with Crippen molar-refractivity contribution in [3.63, 3.8) is 0 Å². The Bertz CT molecular complexity index is 996. The lowest BCUT2D eigenvalue weighted by atomic mass is 9.84. The SMILES string of the molecule is COc1cccc(OC)c1CNC(=O)[C@@H]1[C@@H]2CC[C@@]3(CC(=O)c4ccccc4O3)[C@@H]21. The molecule has 30 heavy (non-hydrogen) atoms. The first-order valence-corrected chi connectivity index (χ1v) is 10.4. The van der Waals surface area contributed by atoms with Crippen LogP contribution in [0.5, 0.6) is 17.2 Å². The summed E-state index contributed by atoms with van der Waals surface area (Å²) in [5.74, 6) is 2.39. The van der Waals surface area contributed by atoms with E-state index in [0.717, 1.165) is 18.4 Å². The number of para-hydroxylation sites is 1. The van der Waals surface area contributed by atoms with Crippen LogP contribution in [-0.2, 0) is 11.3 Å². The van der Waals surface area contributed by atoms with Gasteiger partial charge in [-0.15, -0.1) is 0 Å². The molecule has 1 aliphatic heterocycles. The maximum atomic E-state index is 13.0. The largest absolute Gasteiger partial charge is 0.496 e. The van der Waals surface area contributed by atoms with Gasteiger partial charge in [-0.3, -0.25) is 9.59 Å². The highest BCUT2D eigenvalue weighted by Gasteiger charge is 2.70. The number of ketones is 1. The van der Waals surface area contributed by atoms with Gasteiger partial charge in [0.25, 0.3) is 0 Å². The van der Waals surface area contributed by atoms with E-state index in [-0.39, 0.29) is 29.4 Å². The Balaban J connectivity index is 1.31. The first kappa shape index (κ1) is 19.0. The fourth-order valence-electron chi connectivity index (χ4n) is 5.51. The molecule has 5 rings (SSSR count). The summed E-state index contributed by atoms with van der Waals surface area (Å²) in [6.07, 6.45) is 2.10. The molecule has 2 aromatic carbocycles. The molecule has 6 nitrogen and oxygen atoms in total. The Hall–Kier alpha value is -3.02. The molecule has 1 N–H and O–H groups in total. The van der Waals surface area contributed by atoms with Crippen molar-refractivity contribution in [3.05, 3.63) is 53.6 Å². The van der Waals surface area contributed by atoms with Crippen LogP contribution in [0.25, 0.3) is 0 Å². The summed E-state index contributed by atoms with van der Waals surface area (Å²) in [6, 6.07) is 13.0. The van der Waals surface area contributed by atoms with Gasteiger partial charge in [-0.05, 0) is 43.0 Å². The molecule has 3 aliphatic rings. The number of rotatable bonds is 5. The van der Waals surface area contributed by atoms with E-state index in [1.165, 1.54) is 0 Å². The summed E-state index contributed by atoms with van der Waals surface area (Å²) < 4.78 is 17.2. The second-order valence-corrected chi connectivity index (χ2v) is 8.38. The van der Waals surface area contributed by atoms with Gasteiger partial charge in [0.2, 0.25) is 5.91 Å². The molecule has 0 bridgehead atoms. The molecule has 2 aliphatic carbocycles. The van der Waals surface area contributed by atoms with Gasteiger partial charge in [0.1, 0.15) is 22.8 Å². The van der Waals surface area contributed by atoms with E-state index in [4.69, 9.17) is 14.2 Å². The minimum atomic E-state index is -0.541. The molecule has 156 valence electrons. The molecular weight excluding hydrogens is 382 g/mol. The van der Waals surface area contributed by atoms with E-state index in [0.29, 0.717) is 35.8 Å². The van der Waals surface area contributed by atoms with Gasteiger partial charge in [-0.25, -0.2) is 0 Å². The lowest BCUT2D eigenvalue weighted by Crippen LogP contribution is -2.44. The van der Waals surface area contributed by atoms with Crippen LogP contribution >= 0.6 is 0 Å². The van der Waals surface area contributed by atoms with Crippen LogP contribution in [0, 0.1) is 17.8 Å². The number of benzene rings is 2. The zero-order valence-electron chi connectivity index (χ0n) is 17.1. The van der Waals surface area contributed by atoms with Crippen molar-refractivity contribution in [2.24, 2.45) is 17.8 Å². The topological polar surface area (TPSA) is 73.9 Å². The van der Waals surface area contributed by atoms with Gasteiger partial charge in [-0.2, -0.15) is 0 Å². The maximum absolute atomic E-state index is 13.0. The molecule has 0 aromatic heterocycles. The summed E-state index contributed by atoms with van der Waals surface area (Å²) in [5, 5.41) is 3.05. The predicted molar refractivity (Wildman–Crippen MR) is 110 cm³/mol. The van der Waals surface area contributed by atoms with Crippen LogP contribution in [0.2, 0.25) is 0 Å². The second kappa shape index (κ2) is 7.04. The molecule has 1 heterocycles. The Labute approximate surface area is 175 Å². The normalized spacial score (nSPS) is 28.3. The average molecular weight is 407 g/mol. The van der Waals surface area contributed by atoms with E-state index in [1.807, 2.05) is 42.5 Å². The van der Waals surface area contributed by atoms with Gasteiger partial charge >= 0.3 is 0 Å². The molecule has 1 spiro atoms. The molecule has 0 saturated heterocycles. The summed E-state index contributed by atoms with van der Waals surface area (Å²) in [4.78, 5) is 25.7. The van der Waals surface area contributed by atoms with Crippen LogP contribution < -0.4 is 19.5 Å². The zero-order valence-corrected chi connectivity index (χ0v) is 17.1. The van der Waals surface area contributed by atoms with Crippen molar-refractivity contribution in [2.75, 3.05) is 14.2 Å². The van der Waals surface area contributed by atoms with Crippen molar-refractivity contribution in [2.45, 2.75) is 31.4 Å². The summed E-state index contributed by atoms with van der Waals surface area (Å²) in [7, 11) is 3.20. The number of Topliss-reactive ketones (excluding diaryl/α,β-unsaturated/α-hetero) is 1. The van der Waals surface area contributed by atoms with E-state index >= 15 is 0 Å². The predicted octanol–water partition coefficient (Wildman–Crippen LogP) is 3.38. The van der Waals surface area contributed by atoms with Crippen molar-refractivity contribution in [1.82, 2.24) is 5.32 Å². The highest BCUT2D eigenvalue weighted by Crippen LogP contribution is 2.65. The molecule has 1 amide bonds. The lowest BCUT2D eigenvalue weighted by molar-refractivity contribution is -0.124. The highest BCUT2D eigenvalue weighted by atomic mass is 16.5. The van der Waals surface area contributed by atoms with Crippen LogP contribution in [0.4, 0.5) is 0 Å². The average Bonchev–Trinajstić information content (AvgIpc) is 3.42. The molecule has 6 heteroatoms. The standard InChI is InChI=1S/C24H25NO5/c1-28-18-8-5-9-19(29-2)16(18)13-25-23(27)21-15-10-11-24(22(15)21)12-17(26)14-6-3-4-7-20(14)30-24/h3-9,15,21-22H,10-13H2,1-2H3,(H,25,27)/t15-,21+,22-,24+/m0/s1. The van der Waals surface area contributed by atoms with Crippen molar-refractivity contribution < 1.29 is 23.8 Å². The number of hydrogen-bond acceptors (Lipinski definition) is 5. The number of carbonyl (C=O) groups is 2. The van der Waals surface area contributed by atoms with Gasteiger partial charge in [0.15, 0.2) is 5.78 Å². The third-order valence-corrected chi connectivity index (χ3v) is 6.91. The molecule has 2 fully saturated rings. The molecular formula is C24H25NO5. The van der Waals surface area contributed by atoms with Gasteiger partial charge in [-0.1, -0.05) is 18.2 Å². The number of hydrogen-bond donors (Lipinski definition) is 1. The number of carbonyl (C=O) groups excluding carboxylic acids is 2. The van der Waals surface area contributed by atoms with Gasteiger partial charge < -0.3 is 19.5 Å². The monoisotopic (exact) mass is 407 g/mol. The maximum Gasteiger partial charge on any atom is 0.224 e. The molecule has 4 atom stereocenters. The van der Waals surface area contributed by atoms with Crippen LogP contribution in [0.3, 0.4) is 0 Å². The number of nitrogens with one attached hydrogen (secondary N) is 1. The lowest BCUT2D eigenvalue weighted by Gasteiger charge is -2.37. The molecule has 0 radical (unpaired) electrons. The number of methoxy groups -OCH3 is 2. The van der Waals surface area contributed by atoms with Crippen LogP contribution in [0.15, 0.2) is 42.5 Å². The third kappa shape index (κ3) is 2.85. The quantitative estimate of drug-likeness (QED) is 0.823. The fraction of sp³-hybridized carbons (Fsp3) is 0.417. The molecule has 2 saturated carbocycles. The number of fused-ring (bicyclic) bond motifs is 3. The van der Waals surface area contributed by atoms with Crippen LogP contribution in [0.1, 0.15) is 35.2 Å². The van der Waals surface area contributed by atoms with E-state index < -0.39 is 5.60 Å². The second-order valence-electron chi connectivity index (χ2n) is 8.38. The van der Waals surface area contributed by atoms with E-state index in [2.05, 4.69) is 5.32 Å². The minimum absolute atomic E-state index is 0.00643. The zero-order chi connectivity index (χ0) is 20.9. The van der Waals surface area contributed by atoms with Crippen molar-refractivity contribution in [3.8, 4) is 17.2 Å². The first-order valence-electron chi connectivity index (χ1n) is 10.4. The summed E-state index contributed by atoms with van der Waals surface area (Å²) >= 11 is 0. The Morgan fingerprint density at radius 2 is 1.87 bits per heavy atom. The number of ether oxygens (including phenoxy) is 3. The molecule has 2 aromatic rings. The summed E-state index contributed by atoms with van der Waals surface area (Å²) in [6.45, 7) is 0.331. The number of amides is 1. The Kier molecular flexibility index (Phi) is 4.45. The Morgan fingerprint density at radius 3 is 2.60 bits per heavy atom. The Morgan fingerprint density at radius 1 is 1.13 bits per heavy atom. The van der Waals surface area contributed by atoms with Gasteiger partial charge in [0.05, 0.1) is 38.3 Å². The smallest absolute Gasteiger partial charge is 0.224 e. The van der Waals surface area contributed by atoms with Crippen molar-refractivity contribution >= 4 is 11.7 Å². The highest BCUT2D eigenvalue weighted by molar-refractivity contribution is 6.00. The minimum Gasteiger partial charge on any atom is -0.496 e.